The third-order valence-corrected chi connectivity index (χ3v) is 5.27. The highest BCUT2D eigenvalue weighted by Gasteiger charge is 2.09. The Morgan fingerprint density at radius 1 is 0.933 bits per heavy atom. The van der Waals surface area contributed by atoms with Crippen molar-refractivity contribution in [1.29, 1.82) is 0 Å². The number of carbonyl (C=O) groups is 1. The number of rotatable bonds is 5. The van der Waals surface area contributed by atoms with E-state index in [-0.39, 0.29) is 5.97 Å². The number of carbonyl (C=O) groups excluding carboxylic acids is 1. The van der Waals surface area contributed by atoms with Crippen molar-refractivity contribution in [2.24, 2.45) is 0 Å². The Bertz CT molecular complexity index is 1250. The third-order valence-electron chi connectivity index (χ3n) is 4.33. The number of nitrogens with zero attached hydrogens (tertiary/aromatic N) is 2. The Balaban J connectivity index is 1.73. The number of aromatic nitrogens is 2. The molecule has 0 saturated carbocycles. The first kappa shape index (κ1) is 20.0. The van der Waals surface area contributed by atoms with Gasteiger partial charge in [0.25, 0.3) is 0 Å². The molecule has 0 spiro atoms. The highest BCUT2D eigenvalue weighted by Crippen LogP contribution is 2.27. The first-order valence-corrected chi connectivity index (χ1v) is 10.4. The molecule has 3 aromatic carbocycles. The molecule has 0 aliphatic heterocycles. The number of anilines is 2. The fourth-order valence-electron chi connectivity index (χ4n) is 2.98. The number of benzene rings is 3. The predicted molar refractivity (Wildman–Crippen MR) is 129 cm³/mol. The third kappa shape index (κ3) is 4.65. The fourth-order valence-corrected chi connectivity index (χ4v) is 3.51. The summed E-state index contributed by atoms with van der Waals surface area (Å²) < 4.78 is 6.38. The van der Waals surface area contributed by atoms with Crippen LogP contribution in [0.2, 0.25) is 0 Å². The van der Waals surface area contributed by atoms with Crippen LogP contribution in [0.1, 0.15) is 18.3 Å². The van der Waals surface area contributed by atoms with Crippen molar-refractivity contribution in [2.45, 2.75) is 6.92 Å². The lowest BCUT2D eigenvalue weighted by molar-refractivity contribution is -0.131. The smallest absolute Gasteiger partial charge is 0.308 e. The van der Waals surface area contributed by atoms with E-state index in [9.17, 15) is 4.79 Å². The van der Waals surface area contributed by atoms with Crippen LogP contribution in [-0.2, 0) is 4.79 Å². The first-order chi connectivity index (χ1) is 14.6. The van der Waals surface area contributed by atoms with Gasteiger partial charge in [-0.1, -0.05) is 42.5 Å². The van der Waals surface area contributed by atoms with E-state index in [2.05, 4.69) is 32.9 Å². The normalized spacial score (nSPS) is 11.0. The quantitative estimate of drug-likeness (QED) is 0.202. The molecule has 30 heavy (non-hydrogen) atoms. The van der Waals surface area contributed by atoms with Gasteiger partial charge in [-0.15, -0.1) is 0 Å². The van der Waals surface area contributed by atoms with E-state index in [0.717, 1.165) is 31.5 Å². The van der Waals surface area contributed by atoms with Gasteiger partial charge in [0.2, 0.25) is 0 Å². The zero-order valence-corrected chi connectivity index (χ0v) is 18.3. The molecular weight excluding hydrogens is 489 g/mol. The number of hydrogen-bond donors (Lipinski definition) is 1. The molecule has 4 rings (SSSR count). The number of para-hydroxylation sites is 3. The average Bonchev–Trinajstić information content (AvgIpc) is 2.74. The van der Waals surface area contributed by atoms with Gasteiger partial charge in [-0.2, -0.15) is 0 Å². The lowest BCUT2D eigenvalue weighted by Crippen LogP contribution is -2.02. The molecule has 0 atom stereocenters. The average molecular weight is 507 g/mol. The summed E-state index contributed by atoms with van der Waals surface area (Å²) >= 11 is 2.30. The van der Waals surface area contributed by atoms with Crippen LogP contribution in [0.5, 0.6) is 5.75 Å². The highest BCUT2D eigenvalue weighted by atomic mass is 127. The Hall–Kier alpha value is -3.26. The molecule has 1 aromatic heterocycles. The van der Waals surface area contributed by atoms with Crippen LogP contribution in [0, 0.1) is 3.57 Å². The Labute approximate surface area is 188 Å². The highest BCUT2D eigenvalue weighted by molar-refractivity contribution is 14.1. The van der Waals surface area contributed by atoms with E-state index in [1.165, 1.54) is 6.92 Å². The van der Waals surface area contributed by atoms with E-state index in [1.54, 1.807) is 6.07 Å². The summed E-state index contributed by atoms with van der Waals surface area (Å²) in [6.45, 7) is 1.38. The maximum Gasteiger partial charge on any atom is 0.308 e. The number of halogens is 1. The lowest BCUT2D eigenvalue weighted by Gasteiger charge is -2.11. The van der Waals surface area contributed by atoms with E-state index in [1.807, 2.05) is 78.9 Å². The molecule has 148 valence electrons. The molecule has 0 saturated heterocycles. The zero-order chi connectivity index (χ0) is 20.9. The summed E-state index contributed by atoms with van der Waals surface area (Å²) in [5, 5.41) is 4.37. The first-order valence-electron chi connectivity index (χ1n) is 9.34. The summed E-state index contributed by atoms with van der Waals surface area (Å²) in [5.41, 5.74) is 2.60. The van der Waals surface area contributed by atoms with Gasteiger partial charge in [-0.05, 0) is 65.1 Å². The molecule has 0 aliphatic rings. The van der Waals surface area contributed by atoms with Gasteiger partial charge in [0.05, 0.1) is 11.2 Å². The Kier molecular flexibility index (Phi) is 6.04. The number of ether oxygens (including phenoxy) is 1. The fraction of sp³-hybridized carbons (Fsp3) is 0.0417. The second kappa shape index (κ2) is 9.04. The molecule has 6 heteroatoms. The van der Waals surface area contributed by atoms with Crippen LogP contribution < -0.4 is 10.1 Å². The summed E-state index contributed by atoms with van der Waals surface area (Å²) in [4.78, 5) is 20.7. The largest absolute Gasteiger partial charge is 0.426 e. The van der Waals surface area contributed by atoms with Crippen LogP contribution in [0.25, 0.3) is 23.1 Å². The topological polar surface area (TPSA) is 64.1 Å². The Morgan fingerprint density at radius 2 is 1.67 bits per heavy atom. The monoisotopic (exact) mass is 507 g/mol. The van der Waals surface area contributed by atoms with Crippen molar-refractivity contribution >= 4 is 63.1 Å². The lowest BCUT2D eigenvalue weighted by atomic mass is 10.2. The molecule has 0 amide bonds. The zero-order valence-electron chi connectivity index (χ0n) is 16.2. The van der Waals surface area contributed by atoms with Gasteiger partial charge < -0.3 is 10.1 Å². The van der Waals surface area contributed by atoms with Gasteiger partial charge in [0.1, 0.15) is 11.6 Å². The van der Waals surface area contributed by atoms with Crippen molar-refractivity contribution in [2.75, 3.05) is 5.32 Å². The molecule has 0 aliphatic carbocycles. The van der Waals surface area contributed by atoms with Crippen LogP contribution >= 0.6 is 22.6 Å². The van der Waals surface area contributed by atoms with Gasteiger partial charge in [0, 0.05) is 21.4 Å². The SMILES string of the molecule is CC(=O)Oc1ccccc1/C=C/c1nc(Nc2ccccc2I)c2ccccc2n1. The second-order valence-corrected chi connectivity index (χ2v) is 7.68. The van der Waals surface area contributed by atoms with Crippen LogP contribution in [-0.4, -0.2) is 15.9 Å². The molecular formula is C24H18IN3O2. The minimum atomic E-state index is -0.359. The number of nitrogens with one attached hydrogen (secondary N) is 1. The standard InChI is InChI=1S/C24H18IN3O2/c1-16(29)30-22-13-7-2-8-17(22)14-15-23-26-20-11-5-3-9-18(20)24(28-23)27-21-12-6-4-10-19(21)25/h2-15H,1H3,(H,26,27,28)/b15-14+. The van der Waals surface area contributed by atoms with Gasteiger partial charge in [0.15, 0.2) is 5.82 Å². The van der Waals surface area contributed by atoms with Crippen molar-refractivity contribution < 1.29 is 9.53 Å². The summed E-state index contributed by atoms with van der Waals surface area (Å²) in [5.74, 6) is 1.43. The van der Waals surface area contributed by atoms with Gasteiger partial charge >= 0.3 is 5.97 Å². The molecule has 1 heterocycles. The van der Waals surface area contributed by atoms with Crippen molar-refractivity contribution in [3.05, 3.63) is 87.8 Å². The maximum absolute atomic E-state index is 11.4. The van der Waals surface area contributed by atoms with E-state index >= 15 is 0 Å². The molecule has 0 radical (unpaired) electrons. The van der Waals surface area contributed by atoms with Crippen molar-refractivity contribution in [3.63, 3.8) is 0 Å². The maximum atomic E-state index is 11.4. The Morgan fingerprint density at radius 3 is 2.50 bits per heavy atom. The van der Waals surface area contributed by atoms with E-state index in [4.69, 9.17) is 9.72 Å². The molecule has 0 unspecified atom stereocenters. The van der Waals surface area contributed by atoms with Crippen molar-refractivity contribution in [1.82, 2.24) is 9.97 Å². The molecule has 4 aromatic rings. The van der Waals surface area contributed by atoms with Gasteiger partial charge in [-0.3, -0.25) is 4.79 Å². The van der Waals surface area contributed by atoms with Crippen LogP contribution in [0.15, 0.2) is 72.8 Å². The van der Waals surface area contributed by atoms with Gasteiger partial charge in [-0.25, -0.2) is 9.97 Å². The summed E-state index contributed by atoms with van der Waals surface area (Å²) in [7, 11) is 0. The summed E-state index contributed by atoms with van der Waals surface area (Å²) in [6.07, 6.45) is 3.66. The van der Waals surface area contributed by atoms with Crippen LogP contribution in [0.3, 0.4) is 0 Å². The second-order valence-electron chi connectivity index (χ2n) is 6.52. The van der Waals surface area contributed by atoms with E-state index < -0.39 is 0 Å². The molecule has 0 bridgehead atoms. The van der Waals surface area contributed by atoms with E-state index in [0.29, 0.717) is 11.6 Å². The molecule has 1 N–H and O–H groups in total. The van der Waals surface area contributed by atoms with Crippen molar-refractivity contribution in [3.8, 4) is 5.75 Å². The number of esters is 1. The number of fused-ring (bicyclic) bond motifs is 1. The minimum absolute atomic E-state index is 0.359. The number of hydrogen-bond acceptors (Lipinski definition) is 5. The summed E-state index contributed by atoms with van der Waals surface area (Å²) in [6, 6.07) is 23.3. The predicted octanol–water partition coefficient (Wildman–Crippen LogP) is 6.07. The molecule has 5 nitrogen and oxygen atoms in total. The van der Waals surface area contributed by atoms with Crippen LogP contribution in [0.4, 0.5) is 11.5 Å². The molecule has 0 fully saturated rings. The minimum Gasteiger partial charge on any atom is -0.426 e.